The molecule has 0 aliphatic heterocycles. The van der Waals surface area contributed by atoms with Crippen molar-refractivity contribution in [2.45, 2.75) is 0 Å². The van der Waals surface area contributed by atoms with Crippen molar-refractivity contribution in [2.24, 2.45) is 0 Å². The summed E-state index contributed by atoms with van der Waals surface area (Å²) in [5, 5.41) is 6.39. The summed E-state index contributed by atoms with van der Waals surface area (Å²) in [5.74, 6) is 0.609. The first kappa shape index (κ1) is 25.0. The van der Waals surface area contributed by atoms with Crippen molar-refractivity contribution in [1.82, 2.24) is 4.98 Å². The molecule has 7 aromatic carbocycles. The van der Waals surface area contributed by atoms with Crippen molar-refractivity contribution in [1.29, 1.82) is 0 Å². The van der Waals surface area contributed by atoms with E-state index in [-0.39, 0.29) is 0 Å². The van der Waals surface area contributed by atoms with Crippen LogP contribution in [0.15, 0.2) is 159 Å². The number of rotatable bonds is 4. The van der Waals surface area contributed by atoms with Crippen molar-refractivity contribution in [2.75, 3.05) is 4.90 Å². The lowest BCUT2D eigenvalue weighted by atomic mass is 10.0. The molecule has 0 bridgehead atoms. The van der Waals surface area contributed by atoms with Gasteiger partial charge in [-0.3, -0.25) is 0 Å². The average Bonchev–Trinajstić information content (AvgIpc) is 3.82. The smallest absolute Gasteiger partial charge is 0.227 e. The first-order valence-corrected chi connectivity index (χ1v) is 15.3. The molecule has 0 spiro atoms. The maximum absolute atomic E-state index is 6.44. The molecule has 0 N–H and O–H groups in total. The zero-order valence-corrected chi connectivity index (χ0v) is 24.5. The predicted molar refractivity (Wildman–Crippen MR) is 186 cm³/mol. The van der Waals surface area contributed by atoms with E-state index in [1.807, 2.05) is 72.8 Å². The fourth-order valence-electron chi connectivity index (χ4n) is 6.76. The normalized spacial score (nSPS) is 11.9. The third kappa shape index (κ3) is 3.72. The number of oxazole rings is 1. The molecule has 0 saturated carbocycles. The summed E-state index contributed by atoms with van der Waals surface area (Å²) in [6.07, 6.45) is 0. The molecule has 0 fully saturated rings. The molecule has 0 atom stereocenters. The van der Waals surface area contributed by atoms with Crippen LogP contribution in [0.4, 0.5) is 17.1 Å². The van der Waals surface area contributed by atoms with E-state index in [2.05, 4.69) is 77.7 Å². The topological polar surface area (TPSA) is 55.6 Å². The lowest BCUT2D eigenvalue weighted by Gasteiger charge is -2.27. The fourth-order valence-corrected chi connectivity index (χ4v) is 6.76. The Labute approximate surface area is 262 Å². The minimum atomic E-state index is 0.609. The van der Waals surface area contributed by atoms with Gasteiger partial charge in [0.2, 0.25) is 5.89 Å². The van der Waals surface area contributed by atoms with E-state index in [0.717, 1.165) is 88.4 Å². The van der Waals surface area contributed by atoms with Gasteiger partial charge in [0.05, 0.1) is 5.69 Å². The summed E-state index contributed by atoms with van der Waals surface area (Å²) < 4.78 is 19.0. The Morgan fingerprint density at radius 1 is 0.413 bits per heavy atom. The van der Waals surface area contributed by atoms with Crippen LogP contribution in [0.5, 0.6) is 0 Å². The zero-order valence-electron chi connectivity index (χ0n) is 24.5. The molecular formula is C41H24N2O3. The van der Waals surface area contributed by atoms with Crippen molar-refractivity contribution < 1.29 is 13.3 Å². The molecular weight excluding hydrogens is 568 g/mol. The summed E-state index contributed by atoms with van der Waals surface area (Å²) in [4.78, 5) is 7.12. The number of nitrogens with zero attached hydrogens (tertiary/aromatic N) is 2. The summed E-state index contributed by atoms with van der Waals surface area (Å²) >= 11 is 0. The van der Waals surface area contributed by atoms with Crippen LogP contribution in [0.25, 0.3) is 77.2 Å². The number of aromatic nitrogens is 1. The maximum atomic E-state index is 6.44. The maximum Gasteiger partial charge on any atom is 0.227 e. The Morgan fingerprint density at radius 2 is 1.04 bits per heavy atom. The van der Waals surface area contributed by atoms with Crippen LogP contribution in [0.1, 0.15) is 0 Å². The molecule has 216 valence electrons. The molecule has 0 amide bonds. The second-order valence-corrected chi connectivity index (χ2v) is 11.6. The van der Waals surface area contributed by atoms with Crippen molar-refractivity contribution in [3.8, 4) is 11.5 Å². The van der Waals surface area contributed by atoms with Crippen LogP contribution in [0, 0.1) is 0 Å². The summed E-state index contributed by atoms with van der Waals surface area (Å²) in [6, 6.07) is 49.7. The molecule has 10 rings (SSSR count). The minimum Gasteiger partial charge on any atom is -0.456 e. The number of hydrogen-bond acceptors (Lipinski definition) is 5. The monoisotopic (exact) mass is 592 g/mol. The van der Waals surface area contributed by atoms with E-state index in [4.69, 9.17) is 18.2 Å². The molecule has 5 nitrogen and oxygen atoms in total. The van der Waals surface area contributed by atoms with Gasteiger partial charge in [-0.25, -0.2) is 4.98 Å². The third-order valence-corrected chi connectivity index (χ3v) is 8.89. The highest BCUT2D eigenvalue weighted by Gasteiger charge is 2.21. The fraction of sp³-hybridized carbons (Fsp3) is 0. The van der Waals surface area contributed by atoms with Gasteiger partial charge in [0, 0.05) is 55.3 Å². The lowest BCUT2D eigenvalue weighted by Crippen LogP contribution is -2.10. The molecule has 3 aromatic heterocycles. The largest absolute Gasteiger partial charge is 0.456 e. The van der Waals surface area contributed by atoms with Gasteiger partial charge >= 0.3 is 0 Å². The van der Waals surface area contributed by atoms with Gasteiger partial charge in [0.15, 0.2) is 5.58 Å². The minimum absolute atomic E-state index is 0.609. The van der Waals surface area contributed by atoms with Gasteiger partial charge in [-0.15, -0.1) is 0 Å². The molecule has 0 unspecified atom stereocenters. The summed E-state index contributed by atoms with van der Waals surface area (Å²) in [5.41, 5.74) is 8.97. The molecule has 3 heterocycles. The van der Waals surface area contributed by atoms with Crippen molar-refractivity contribution in [3.05, 3.63) is 146 Å². The van der Waals surface area contributed by atoms with Crippen molar-refractivity contribution in [3.63, 3.8) is 0 Å². The zero-order chi connectivity index (χ0) is 30.2. The van der Waals surface area contributed by atoms with Gasteiger partial charge in [0.25, 0.3) is 0 Å². The highest BCUT2D eigenvalue weighted by atomic mass is 16.3. The molecule has 46 heavy (non-hydrogen) atoms. The highest BCUT2D eigenvalue weighted by molar-refractivity contribution is 6.12. The van der Waals surface area contributed by atoms with Gasteiger partial charge in [-0.1, -0.05) is 66.7 Å². The Morgan fingerprint density at radius 3 is 1.89 bits per heavy atom. The molecule has 0 aliphatic carbocycles. The first-order chi connectivity index (χ1) is 22.8. The SMILES string of the molecule is c1ccc(-c2nc3ccc4c(N(c5ccc6c(c5)oc5ccccc56)c5ccc6oc7ccccc7c6c5)cccc4c3o2)cc1. The molecule has 0 saturated heterocycles. The van der Waals surface area contributed by atoms with E-state index >= 15 is 0 Å². The van der Waals surface area contributed by atoms with Gasteiger partial charge < -0.3 is 18.2 Å². The molecule has 10 aromatic rings. The number of para-hydroxylation sites is 2. The third-order valence-electron chi connectivity index (χ3n) is 8.89. The summed E-state index contributed by atoms with van der Waals surface area (Å²) in [6.45, 7) is 0. The van der Waals surface area contributed by atoms with Crippen LogP contribution in [-0.2, 0) is 0 Å². The van der Waals surface area contributed by atoms with E-state index < -0.39 is 0 Å². The number of furan rings is 2. The standard InChI is InChI=1S/C41H24N2O3/c1-2-9-25(10-3-1)41-42-34-21-20-28-32(40(34)46-41)13-8-14-35(28)43(26-18-22-38-33(23-26)30-12-5-7-16-37(30)44-38)27-17-19-31-29-11-4-6-15-36(29)45-39(31)24-27/h1-24H. The van der Waals surface area contributed by atoms with Crippen LogP contribution in [0.3, 0.4) is 0 Å². The van der Waals surface area contributed by atoms with E-state index in [1.165, 1.54) is 0 Å². The van der Waals surface area contributed by atoms with Gasteiger partial charge in [-0.2, -0.15) is 0 Å². The number of anilines is 3. The first-order valence-electron chi connectivity index (χ1n) is 15.3. The Bertz CT molecular complexity index is 2770. The average molecular weight is 593 g/mol. The Balaban J connectivity index is 1.23. The lowest BCUT2D eigenvalue weighted by molar-refractivity contribution is 0.623. The van der Waals surface area contributed by atoms with Crippen molar-refractivity contribution >= 4 is 82.8 Å². The second-order valence-electron chi connectivity index (χ2n) is 11.6. The van der Waals surface area contributed by atoms with Crippen LogP contribution in [-0.4, -0.2) is 4.98 Å². The number of benzene rings is 7. The van der Waals surface area contributed by atoms with Crippen LogP contribution in [0.2, 0.25) is 0 Å². The molecule has 0 aliphatic rings. The predicted octanol–water partition coefficient (Wildman–Crippen LogP) is 11.9. The van der Waals surface area contributed by atoms with Gasteiger partial charge in [-0.05, 0) is 72.8 Å². The van der Waals surface area contributed by atoms with Crippen LogP contribution < -0.4 is 4.90 Å². The van der Waals surface area contributed by atoms with E-state index in [1.54, 1.807) is 0 Å². The Hall–Kier alpha value is -6.33. The number of fused-ring (bicyclic) bond motifs is 9. The quantitative estimate of drug-likeness (QED) is 0.203. The highest BCUT2D eigenvalue weighted by Crippen LogP contribution is 2.44. The van der Waals surface area contributed by atoms with E-state index in [0.29, 0.717) is 5.89 Å². The molecule has 0 radical (unpaired) electrons. The van der Waals surface area contributed by atoms with Crippen LogP contribution >= 0.6 is 0 Å². The Kier molecular flexibility index (Phi) is 5.22. The van der Waals surface area contributed by atoms with E-state index in [9.17, 15) is 0 Å². The number of hydrogen-bond donors (Lipinski definition) is 0. The second kappa shape index (κ2) is 9.58. The molecule has 5 heteroatoms. The summed E-state index contributed by atoms with van der Waals surface area (Å²) in [7, 11) is 0. The van der Waals surface area contributed by atoms with Gasteiger partial charge in [0.1, 0.15) is 27.8 Å².